The molecule has 1 unspecified atom stereocenters. The summed E-state index contributed by atoms with van der Waals surface area (Å²) < 4.78 is 0. The van der Waals surface area contributed by atoms with E-state index in [1.807, 2.05) is 6.07 Å². The van der Waals surface area contributed by atoms with Gasteiger partial charge in [-0.25, -0.2) is 4.79 Å². The lowest BCUT2D eigenvalue weighted by molar-refractivity contribution is -0.131. The number of carbonyl (C=O) groups is 3. The van der Waals surface area contributed by atoms with Gasteiger partial charge in [0.1, 0.15) is 5.69 Å². The molecule has 0 spiro atoms. The Balaban J connectivity index is 1.33. The van der Waals surface area contributed by atoms with Crippen molar-refractivity contribution in [1.82, 2.24) is 9.88 Å². The maximum atomic E-state index is 13.4. The van der Waals surface area contributed by atoms with Crippen LogP contribution in [0.4, 0.5) is 11.4 Å². The highest BCUT2D eigenvalue weighted by atomic mass is 35.5. The molecule has 1 atom stereocenters. The van der Waals surface area contributed by atoms with E-state index in [1.165, 1.54) is 4.90 Å². The number of carbonyl (C=O) groups excluding carboxylic acids is 2. The SMILES string of the molecule is O=C(O)c1ccc(N2CCN(C(=O)CC3c4cccnc4C(=O)N3c3c(Cl)cccc3Cl)CC2)cc1. The second-order valence-corrected chi connectivity index (χ2v) is 9.44. The lowest BCUT2D eigenvalue weighted by atomic mass is 10.0. The van der Waals surface area contributed by atoms with Gasteiger partial charge in [0, 0.05) is 43.6 Å². The monoisotopic (exact) mass is 524 g/mol. The van der Waals surface area contributed by atoms with Gasteiger partial charge in [0.05, 0.1) is 33.8 Å². The first-order valence-electron chi connectivity index (χ1n) is 11.4. The molecule has 36 heavy (non-hydrogen) atoms. The van der Waals surface area contributed by atoms with E-state index >= 15 is 0 Å². The Morgan fingerprint density at radius 1 is 0.944 bits per heavy atom. The molecule has 10 heteroatoms. The van der Waals surface area contributed by atoms with Crippen molar-refractivity contribution in [2.75, 3.05) is 36.0 Å². The number of pyridine rings is 1. The molecule has 3 heterocycles. The van der Waals surface area contributed by atoms with Crippen LogP contribution in [-0.2, 0) is 4.79 Å². The molecule has 1 aromatic heterocycles. The number of carboxylic acids is 1. The molecule has 2 amide bonds. The van der Waals surface area contributed by atoms with Crippen LogP contribution in [-0.4, -0.2) is 59.0 Å². The Hall–Kier alpha value is -3.62. The molecule has 1 N–H and O–H groups in total. The molecule has 8 nitrogen and oxygen atoms in total. The summed E-state index contributed by atoms with van der Waals surface area (Å²) in [5.74, 6) is -1.39. The molecule has 1 saturated heterocycles. The van der Waals surface area contributed by atoms with Crippen LogP contribution in [0.3, 0.4) is 0 Å². The van der Waals surface area contributed by atoms with Crippen molar-refractivity contribution in [3.63, 3.8) is 0 Å². The van der Waals surface area contributed by atoms with Crippen LogP contribution in [0.2, 0.25) is 10.0 Å². The predicted molar refractivity (Wildman–Crippen MR) is 137 cm³/mol. The Morgan fingerprint density at radius 3 is 2.25 bits per heavy atom. The third-order valence-electron chi connectivity index (χ3n) is 6.59. The van der Waals surface area contributed by atoms with Gasteiger partial charge in [-0.2, -0.15) is 0 Å². The van der Waals surface area contributed by atoms with Crippen LogP contribution >= 0.6 is 23.2 Å². The van der Waals surface area contributed by atoms with Crippen molar-refractivity contribution in [3.05, 3.63) is 87.7 Å². The van der Waals surface area contributed by atoms with E-state index in [9.17, 15) is 14.4 Å². The summed E-state index contributed by atoms with van der Waals surface area (Å²) in [7, 11) is 0. The quantitative estimate of drug-likeness (QED) is 0.527. The molecule has 184 valence electrons. The summed E-state index contributed by atoms with van der Waals surface area (Å²) >= 11 is 12.9. The minimum absolute atomic E-state index is 0.0687. The highest BCUT2D eigenvalue weighted by Crippen LogP contribution is 2.44. The Morgan fingerprint density at radius 2 is 1.61 bits per heavy atom. The minimum atomic E-state index is -0.966. The van der Waals surface area contributed by atoms with Crippen molar-refractivity contribution in [2.24, 2.45) is 0 Å². The summed E-state index contributed by atoms with van der Waals surface area (Å²) in [6.45, 7) is 2.24. The first kappa shape index (κ1) is 24.1. The fraction of sp³-hybridized carbons (Fsp3) is 0.231. The normalized spacial score (nSPS) is 17.3. The van der Waals surface area contributed by atoms with Crippen molar-refractivity contribution in [3.8, 4) is 0 Å². The summed E-state index contributed by atoms with van der Waals surface area (Å²) in [6.07, 6.45) is 1.62. The predicted octanol–water partition coefficient (Wildman–Crippen LogP) is 4.53. The van der Waals surface area contributed by atoms with Crippen LogP contribution in [0.25, 0.3) is 0 Å². The molecule has 0 aliphatic carbocycles. The van der Waals surface area contributed by atoms with Crippen LogP contribution in [0.15, 0.2) is 60.8 Å². The van der Waals surface area contributed by atoms with Crippen molar-refractivity contribution >= 4 is 52.4 Å². The molecule has 1 fully saturated rings. The van der Waals surface area contributed by atoms with Gasteiger partial charge in [-0.15, -0.1) is 0 Å². The smallest absolute Gasteiger partial charge is 0.335 e. The average molecular weight is 525 g/mol. The van der Waals surface area contributed by atoms with E-state index < -0.39 is 12.0 Å². The number of anilines is 2. The standard InChI is InChI=1S/C26H22Cl2N4O4/c27-19-4-1-5-20(28)24(19)32-21(18-3-2-10-29-23(18)25(32)34)15-22(33)31-13-11-30(12-14-31)17-8-6-16(7-9-17)26(35)36/h1-10,21H,11-15H2,(H,35,36). The second kappa shape index (κ2) is 9.79. The number of benzene rings is 2. The van der Waals surface area contributed by atoms with E-state index in [1.54, 1.807) is 59.6 Å². The number of nitrogens with zero attached hydrogens (tertiary/aromatic N) is 4. The number of piperazine rings is 1. The number of hydrogen-bond donors (Lipinski definition) is 1. The van der Waals surface area contributed by atoms with Crippen LogP contribution in [0, 0.1) is 0 Å². The molecule has 0 bridgehead atoms. The summed E-state index contributed by atoms with van der Waals surface area (Å²) in [4.78, 5) is 47.5. The molecule has 2 aliphatic rings. The highest BCUT2D eigenvalue weighted by Gasteiger charge is 2.42. The van der Waals surface area contributed by atoms with Crippen LogP contribution in [0.5, 0.6) is 0 Å². The number of amides is 2. The van der Waals surface area contributed by atoms with Crippen molar-refractivity contribution in [1.29, 1.82) is 0 Å². The number of aromatic nitrogens is 1. The first-order chi connectivity index (χ1) is 17.3. The highest BCUT2D eigenvalue weighted by molar-refractivity contribution is 6.40. The molecule has 2 aliphatic heterocycles. The van der Waals surface area contributed by atoms with Gasteiger partial charge >= 0.3 is 5.97 Å². The Bertz CT molecular complexity index is 1320. The van der Waals surface area contributed by atoms with Gasteiger partial charge in [0.25, 0.3) is 5.91 Å². The van der Waals surface area contributed by atoms with Gasteiger partial charge in [-0.05, 0) is 42.5 Å². The largest absolute Gasteiger partial charge is 0.478 e. The lowest BCUT2D eigenvalue weighted by Gasteiger charge is -2.37. The molecular formula is C26H22Cl2N4O4. The summed E-state index contributed by atoms with van der Waals surface area (Å²) in [5, 5.41) is 9.74. The molecule has 5 rings (SSSR count). The van der Waals surface area contributed by atoms with Crippen molar-refractivity contribution in [2.45, 2.75) is 12.5 Å². The van der Waals surface area contributed by atoms with Gasteiger partial charge in [0.15, 0.2) is 0 Å². The van der Waals surface area contributed by atoms with Crippen LogP contribution < -0.4 is 9.80 Å². The lowest BCUT2D eigenvalue weighted by Crippen LogP contribution is -2.49. The Kier molecular flexibility index (Phi) is 6.55. The number of para-hydroxylation sites is 1. The van der Waals surface area contributed by atoms with Gasteiger partial charge in [-0.3, -0.25) is 19.5 Å². The molecule has 0 saturated carbocycles. The zero-order valence-corrected chi connectivity index (χ0v) is 20.6. The van der Waals surface area contributed by atoms with Crippen LogP contribution in [0.1, 0.15) is 38.9 Å². The third kappa shape index (κ3) is 4.38. The topological polar surface area (TPSA) is 94.0 Å². The zero-order chi connectivity index (χ0) is 25.4. The minimum Gasteiger partial charge on any atom is -0.478 e. The maximum Gasteiger partial charge on any atom is 0.335 e. The maximum absolute atomic E-state index is 13.4. The Labute approximate surface area is 217 Å². The summed E-state index contributed by atoms with van der Waals surface area (Å²) in [6, 6.07) is 14.7. The fourth-order valence-corrected chi connectivity index (χ4v) is 5.34. The molecular weight excluding hydrogens is 503 g/mol. The molecule has 0 radical (unpaired) electrons. The van der Waals surface area contributed by atoms with Gasteiger partial charge in [0.2, 0.25) is 5.91 Å². The third-order valence-corrected chi connectivity index (χ3v) is 7.20. The van der Waals surface area contributed by atoms with E-state index in [-0.39, 0.29) is 23.8 Å². The number of fused-ring (bicyclic) bond motifs is 1. The number of hydrogen-bond acceptors (Lipinski definition) is 5. The zero-order valence-electron chi connectivity index (χ0n) is 19.1. The first-order valence-corrected chi connectivity index (χ1v) is 12.2. The number of rotatable bonds is 5. The number of aromatic carboxylic acids is 1. The van der Waals surface area contributed by atoms with E-state index in [4.69, 9.17) is 28.3 Å². The average Bonchev–Trinajstić information content (AvgIpc) is 3.15. The summed E-state index contributed by atoms with van der Waals surface area (Å²) in [5.41, 5.74) is 2.48. The number of halogens is 2. The van der Waals surface area contributed by atoms with Crippen molar-refractivity contribution < 1.29 is 19.5 Å². The second-order valence-electron chi connectivity index (χ2n) is 8.63. The van der Waals surface area contributed by atoms with Gasteiger partial charge in [-0.1, -0.05) is 35.3 Å². The van der Waals surface area contributed by atoms with E-state index in [2.05, 4.69) is 9.88 Å². The number of carboxylic acid groups (broad SMARTS) is 1. The van der Waals surface area contributed by atoms with Gasteiger partial charge < -0.3 is 14.9 Å². The van der Waals surface area contributed by atoms with E-state index in [0.29, 0.717) is 53.2 Å². The fourth-order valence-electron chi connectivity index (χ4n) is 4.76. The molecule has 3 aromatic rings. The molecule has 2 aromatic carbocycles. The van der Waals surface area contributed by atoms with E-state index in [0.717, 1.165) is 5.69 Å².